The van der Waals surface area contributed by atoms with Crippen molar-refractivity contribution in [1.82, 2.24) is 10.2 Å². The summed E-state index contributed by atoms with van der Waals surface area (Å²) in [5.74, 6) is -1.07. The Bertz CT molecular complexity index is 931. The highest BCUT2D eigenvalue weighted by Gasteiger charge is 2.49. The van der Waals surface area contributed by atoms with Crippen molar-refractivity contribution >= 4 is 17.6 Å². The van der Waals surface area contributed by atoms with E-state index < -0.39 is 28.2 Å². The number of benzene rings is 2. The fourth-order valence-corrected chi connectivity index (χ4v) is 2.94. The second kappa shape index (κ2) is 6.67. The maximum absolute atomic E-state index is 13.9. The van der Waals surface area contributed by atoms with Crippen LogP contribution in [0.15, 0.2) is 42.5 Å². The Labute approximate surface area is 153 Å². The molecule has 1 fully saturated rings. The zero-order chi connectivity index (χ0) is 19.8. The summed E-state index contributed by atoms with van der Waals surface area (Å²) in [6.07, 6.45) is 0. The number of amides is 3. The van der Waals surface area contributed by atoms with E-state index in [9.17, 15) is 24.1 Å². The Morgan fingerprint density at radius 1 is 1.22 bits per heavy atom. The predicted octanol–water partition coefficient (Wildman–Crippen LogP) is 2.71. The van der Waals surface area contributed by atoms with Crippen LogP contribution in [0.3, 0.4) is 0 Å². The van der Waals surface area contributed by atoms with E-state index in [4.69, 9.17) is 4.74 Å². The van der Waals surface area contributed by atoms with Crippen molar-refractivity contribution in [2.75, 3.05) is 7.11 Å². The summed E-state index contributed by atoms with van der Waals surface area (Å²) in [5.41, 5.74) is -0.652. The van der Waals surface area contributed by atoms with E-state index in [-0.39, 0.29) is 18.0 Å². The molecule has 1 aliphatic rings. The van der Waals surface area contributed by atoms with E-state index in [0.29, 0.717) is 11.1 Å². The number of nitro benzene ring substituents is 1. The number of carbonyl (C=O) groups excluding carboxylic acids is 2. The maximum Gasteiger partial charge on any atom is 0.325 e. The number of nitrogens with one attached hydrogen (secondary N) is 1. The lowest BCUT2D eigenvalue weighted by molar-refractivity contribution is -0.384. The SMILES string of the molecule is COc1ccc(CN2C(=O)N[C@](C)(c3ccc([N+](=O)[O-])cc3)C2=O)cc1F. The van der Waals surface area contributed by atoms with Crippen LogP contribution in [0.2, 0.25) is 0 Å². The van der Waals surface area contributed by atoms with Crippen LogP contribution < -0.4 is 10.1 Å². The van der Waals surface area contributed by atoms with Gasteiger partial charge in [0.05, 0.1) is 18.6 Å². The number of non-ortho nitro benzene ring substituents is 1. The first-order chi connectivity index (χ1) is 12.8. The minimum absolute atomic E-state index is 0.0617. The van der Waals surface area contributed by atoms with Crippen molar-refractivity contribution in [2.24, 2.45) is 0 Å². The van der Waals surface area contributed by atoms with Crippen molar-refractivity contribution < 1.29 is 23.6 Å². The highest BCUT2D eigenvalue weighted by atomic mass is 19.1. The monoisotopic (exact) mass is 373 g/mol. The second-order valence-corrected chi connectivity index (χ2v) is 6.22. The van der Waals surface area contributed by atoms with Crippen LogP contribution in [-0.2, 0) is 16.9 Å². The molecule has 3 rings (SSSR count). The molecule has 1 aliphatic heterocycles. The third-order valence-corrected chi connectivity index (χ3v) is 4.49. The molecule has 2 aromatic carbocycles. The number of hydrogen-bond acceptors (Lipinski definition) is 5. The molecule has 8 nitrogen and oxygen atoms in total. The summed E-state index contributed by atoms with van der Waals surface area (Å²) in [6.45, 7) is 1.40. The van der Waals surface area contributed by atoms with Crippen molar-refractivity contribution in [3.05, 3.63) is 69.5 Å². The van der Waals surface area contributed by atoms with Gasteiger partial charge in [0.15, 0.2) is 11.6 Å². The number of nitrogens with zero attached hydrogens (tertiary/aromatic N) is 2. The van der Waals surface area contributed by atoms with E-state index in [0.717, 1.165) is 4.90 Å². The van der Waals surface area contributed by atoms with Gasteiger partial charge in [-0.25, -0.2) is 9.18 Å². The lowest BCUT2D eigenvalue weighted by Crippen LogP contribution is -2.40. The van der Waals surface area contributed by atoms with E-state index in [1.807, 2.05) is 0 Å². The summed E-state index contributed by atoms with van der Waals surface area (Å²) in [7, 11) is 1.34. The van der Waals surface area contributed by atoms with Crippen molar-refractivity contribution in [2.45, 2.75) is 19.0 Å². The Morgan fingerprint density at radius 2 is 1.89 bits per heavy atom. The summed E-state index contributed by atoms with van der Waals surface area (Å²) < 4.78 is 18.7. The van der Waals surface area contributed by atoms with E-state index in [1.54, 1.807) is 6.07 Å². The topological polar surface area (TPSA) is 102 Å². The van der Waals surface area contributed by atoms with Gasteiger partial charge in [-0.2, -0.15) is 0 Å². The van der Waals surface area contributed by atoms with Crippen LogP contribution in [0, 0.1) is 15.9 Å². The standard InChI is InChI=1S/C18H16FN3O5/c1-18(12-4-6-13(7-5-12)22(25)26)16(23)21(17(24)20-18)10-11-3-8-15(27-2)14(19)9-11/h3-9H,10H2,1-2H3,(H,20,24)/t18-/m1/s1. The molecular weight excluding hydrogens is 357 g/mol. The molecule has 9 heteroatoms. The Morgan fingerprint density at radius 3 is 2.44 bits per heavy atom. The lowest BCUT2D eigenvalue weighted by atomic mass is 9.92. The highest BCUT2D eigenvalue weighted by molar-refractivity contribution is 6.07. The summed E-state index contributed by atoms with van der Waals surface area (Å²) in [6, 6.07) is 8.92. The van der Waals surface area contributed by atoms with Crippen molar-refractivity contribution in [1.29, 1.82) is 0 Å². The minimum atomic E-state index is -1.36. The van der Waals surface area contributed by atoms with E-state index in [1.165, 1.54) is 50.4 Å². The molecule has 0 spiro atoms. The minimum Gasteiger partial charge on any atom is -0.494 e. The number of urea groups is 1. The molecule has 0 unspecified atom stereocenters. The van der Waals surface area contributed by atoms with Crippen molar-refractivity contribution in [3.8, 4) is 5.75 Å². The summed E-state index contributed by atoms with van der Waals surface area (Å²) >= 11 is 0. The zero-order valence-electron chi connectivity index (χ0n) is 14.6. The summed E-state index contributed by atoms with van der Waals surface area (Å²) in [5, 5.41) is 13.4. The highest BCUT2D eigenvalue weighted by Crippen LogP contribution is 2.31. The van der Waals surface area contributed by atoms with Gasteiger partial charge in [0.25, 0.3) is 11.6 Å². The molecule has 1 N–H and O–H groups in total. The van der Waals surface area contributed by atoms with Gasteiger partial charge in [-0.3, -0.25) is 19.8 Å². The van der Waals surface area contributed by atoms with Gasteiger partial charge in [0, 0.05) is 12.1 Å². The average Bonchev–Trinajstić information content (AvgIpc) is 2.86. The van der Waals surface area contributed by atoms with Crippen molar-refractivity contribution in [3.63, 3.8) is 0 Å². The third kappa shape index (κ3) is 3.19. The fourth-order valence-electron chi connectivity index (χ4n) is 2.94. The first-order valence-corrected chi connectivity index (χ1v) is 7.97. The molecule has 0 bridgehead atoms. The largest absolute Gasteiger partial charge is 0.494 e. The van der Waals surface area contributed by atoms with Gasteiger partial charge < -0.3 is 10.1 Å². The number of hydrogen-bond donors (Lipinski definition) is 1. The van der Waals surface area contributed by atoms with Crippen LogP contribution in [0.1, 0.15) is 18.1 Å². The number of nitro groups is 1. The fraction of sp³-hybridized carbons (Fsp3) is 0.222. The molecule has 27 heavy (non-hydrogen) atoms. The molecule has 0 saturated carbocycles. The molecule has 0 aliphatic carbocycles. The first-order valence-electron chi connectivity index (χ1n) is 7.97. The maximum atomic E-state index is 13.9. The quantitative estimate of drug-likeness (QED) is 0.493. The molecule has 1 saturated heterocycles. The molecule has 3 amide bonds. The van der Waals surface area contributed by atoms with Crippen LogP contribution in [0.5, 0.6) is 5.75 Å². The first kappa shape index (κ1) is 18.3. The Balaban J connectivity index is 1.85. The molecule has 1 heterocycles. The number of halogens is 1. The predicted molar refractivity (Wildman–Crippen MR) is 92.5 cm³/mol. The summed E-state index contributed by atoms with van der Waals surface area (Å²) in [4.78, 5) is 36.4. The zero-order valence-corrected chi connectivity index (χ0v) is 14.6. The number of carbonyl (C=O) groups is 2. The van der Waals surface area contributed by atoms with Gasteiger partial charge in [0.2, 0.25) is 0 Å². The van der Waals surface area contributed by atoms with E-state index >= 15 is 0 Å². The van der Waals surface area contributed by atoms with Crippen LogP contribution in [-0.4, -0.2) is 28.9 Å². The number of rotatable bonds is 5. The molecule has 0 aromatic heterocycles. The van der Waals surface area contributed by atoms with Crippen LogP contribution in [0.4, 0.5) is 14.9 Å². The molecular formula is C18H16FN3O5. The van der Waals surface area contributed by atoms with Gasteiger partial charge in [-0.15, -0.1) is 0 Å². The Kier molecular flexibility index (Phi) is 4.52. The van der Waals surface area contributed by atoms with E-state index in [2.05, 4.69) is 5.32 Å². The van der Waals surface area contributed by atoms with Gasteiger partial charge in [0.1, 0.15) is 5.54 Å². The molecule has 2 aromatic rings. The molecule has 140 valence electrons. The van der Waals surface area contributed by atoms with Gasteiger partial charge in [-0.05, 0) is 42.3 Å². The molecule has 0 radical (unpaired) electrons. The average molecular weight is 373 g/mol. The lowest BCUT2D eigenvalue weighted by Gasteiger charge is -2.22. The third-order valence-electron chi connectivity index (χ3n) is 4.49. The van der Waals surface area contributed by atoms with Crippen LogP contribution >= 0.6 is 0 Å². The number of methoxy groups -OCH3 is 1. The normalized spacial score (nSPS) is 19.1. The van der Waals surface area contributed by atoms with Gasteiger partial charge in [-0.1, -0.05) is 6.07 Å². The number of ether oxygens (including phenoxy) is 1. The molecule has 1 atom stereocenters. The second-order valence-electron chi connectivity index (χ2n) is 6.22. The van der Waals surface area contributed by atoms with Gasteiger partial charge >= 0.3 is 6.03 Å². The smallest absolute Gasteiger partial charge is 0.325 e. The van der Waals surface area contributed by atoms with Crippen LogP contribution in [0.25, 0.3) is 0 Å². The number of imide groups is 1. The Hall–Kier alpha value is -3.49.